The van der Waals surface area contributed by atoms with E-state index in [0.717, 1.165) is 18.8 Å². The van der Waals surface area contributed by atoms with Gasteiger partial charge in [0, 0.05) is 19.9 Å². The van der Waals surface area contributed by atoms with Crippen LogP contribution >= 0.6 is 0 Å². The van der Waals surface area contributed by atoms with Crippen molar-refractivity contribution in [2.24, 2.45) is 0 Å². The van der Waals surface area contributed by atoms with Gasteiger partial charge in [-0.3, -0.25) is 4.79 Å². The summed E-state index contributed by atoms with van der Waals surface area (Å²) < 4.78 is 18.0. The lowest BCUT2D eigenvalue weighted by Crippen LogP contribution is -2.28. The molecule has 2 heterocycles. The molecule has 0 radical (unpaired) electrons. The van der Waals surface area contributed by atoms with Crippen LogP contribution in [0.25, 0.3) is 0 Å². The number of hydrogen-bond donors (Lipinski definition) is 0. The summed E-state index contributed by atoms with van der Waals surface area (Å²) >= 11 is 0. The summed E-state index contributed by atoms with van der Waals surface area (Å²) in [6.45, 7) is 2.74. The van der Waals surface area contributed by atoms with Crippen LogP contribution < -0.4 is 4.74 Å². The Balaban J connectivity index is 1.92. The molecule has 1 amide bonds. The molecule has 1 aromatic heterocycles. The Hall–Kier alpha value is -1.72. The fourth-order valence-electron chi connectivity index (χ4n) is 1.62. The maximum absolute atomic E-state index is 12.5. The lowest BCUT2D eigenvalue weighted by molar-refractivity contribution is -0.128. The van der Waals surface area contributed by atoms with Gasteiger partial charge >= 0.3 is 6.01 Å². The first kappa shape index (κ1) is 10.8. The van der Waals surface area contributed by atoms with Crippen molar-refractivity contribution in [1.29, 1.82) is 0 Å². The summed E-state index contributed by atoms with van der Waals surface area (Å²) in [4.78, 5) is 20.2. The van der Waals surface area contributed by atoms with Crippen molar-refractivity contribution in [3.63, 3.8) is 0 Å². The monoisotopic (exact) mass is 225 g/mol. The lowest BCUT2D eigenvalue weighted by atomic mass is 10.3. The van der Waals surface area contributed by atoms with E-state index in [1.165, 1.54) is 6.92 Å². The van der Waals surface area contributed by atoms with E-state index in [1.54, 1.807) is 4.90 Å². The second kappa shape index (κ2) is 4.42. The number of rotatable bonds is 2. The van der Waals surface area contributed by atoms with E-state index in [9.17, 15) is 9.18 Å². The fourth-order valence-corrected chi connectivity index (χ4v) is 1.62. The van der Waals surface area contributed by atoms with E-state index in [1.807, 2.05) is 0 Å². The molecule has 0 aliphatic carbocycles. The van der Waals surface area contributed by atoms with Crippen LogP contribution in [-0.2, 0) is 4.79 Å². The molecule has 0 unspecified atom stereocenters. The molecule has 0 bridgehead atoms. The van der Waals surface area contributed by atoms with Crippen molar-refractivity contribution in [2.75, 3.05) is 13.1 Å². The smallest absolute Gasteiger partial charge is 0.316 e. The van der Waals surface area contributed by atoms with E-state index in [-0.39, 0.29) is 18.0 Å². The number of ether oxygens (including phenoxy) is 1. The number of carbonyl (C=O) groups excluding carboxylic acids is 1. The minimum absolute atomic E-state index is 0.0334. The summed E-state index contributed by atoms with van der Waals surface area (Å²) in [5.74, 6) is -0.463. The van der Waals surface area contributed by atoms with Gasteiger partial charge in [0.15, 0.2) is 5.82 Å². The SMILES string of the molecule is CC(=O)N1CC[C@@H](Oc2ncc(F)cn2)C1. The van der Waals surface area contributed by atoms with E-state index in [0.29, 0.717) is 13.1 Å². The number of likely N-dealkylation sites (tertiary alicyclic amines) is 1. The standard InChI is InChI=1S/C10H12FN3O2/c1-7(15)14-3-2-9(6-14)16-10-12-4-8(11)5-13-10/h4-5,9H,2-3,6H2,1H3/t9-/m1/s1. The van der Waals surface area contributed by atoms with Crippen molar-refractivity contribution in [2.45, 2.75) is 19.4 Å². The Morgan fingerprint density at radius 1 is 1.56 bits per heavy atom. The number of hydrogen-bond acceptors (Lipinski definition) is 4. The minimum Gasteiger partial charge on any atom is -0.458 e. The highest BCUT2D eigenvalue weighted by Crippen LogP contribution is 2.14. The molecule has 0 spiro atoms. The van der Waals surface area contributed by atoms with Gasteiger partial charge in [-0.2, -0.15) is 0 Å². The highest BCUT2D eigenvalue weighted by atomic mass is 19.1. The molecule has 1 aliphatic heterocycles. The third-order valence-electron chi connectivity index (χ3n) is 2.46. The number of nitrogens with zero attached hydrogens (tertiary/aromatic N) is 3. The first-order valence-corrected chi connectivity index (χ1v) is 5.05. The van der Waals surface area contributed by atoms with Crippen LogP contribution in [0.1, 0.15) is 13.3 Å². The molecule has 1 saturated heterocycles. The Morgan fingerprint density at radius 2 is 2.25 bits per heavy atom. The Morgan fingerprint density at radius 3 is 2.81 bits per heavy atom. The fraction of sp³-hybridized carbons (Fsp3) is 0.500. The van der Waals surface area contributed by atoms with E-state index in [2.05, 4.69) is 9.97 Å². The Kier molecular flexibility index (Phi) is 2.98. The summed E-state index contributed by atoms with van der Waals surface area (Å²) in [5, 5.41) is 0. The number of carbonyl (C=O) groups is 1. The van der Waals surface area contributed by atoms with Crippen LogP contribution in [0.2, 0.25) is 0 Å². The molecular weight excluding hydrogens is 213 g/mol. The summed E-state index contributed by atoms with van der Waals surface area (Å²) in [6, 6.07) is 0.150. The lowest BCUT2D eigenvalue weighted by Gasteiger charge is -2.14. The van der Waals surface area contributed by atoms with Crippen LogP contribution in [0.15, 0.2) is 12.4 Å². The molecule has 0 N–H and O–H groups in total. The molecule has 1 aliphatic rings. The van der Waals surface area contributed by atoms with E-state index in [4.69, 9.17) is 4.74 Å². The van der Waals surface area contributed by atoms with Crippen molar-refractivity contribution in [3.05, 3.63) is 18.2 Å². The molecule has 2 rings (SSSR count). The van der Waals surface area contributed by atoms with Gasteiger partial charge in [0.2, 0.25) is 5.91 Å². The van der Waals surface area contributed by atoms with Crippen LogP contribution in [0, 0.1) is 5.82 Å². The number of halogens is 1. The topological polar surface area (TPSA) is 55.3 Å². The zero-order valence-corrected chi connectivity index (χ0v) is 8.89. The normalized spacial score (nSPS) is 19.9. The van der Waals surface area contributed by atoms with Crippen LogP contribution in [0.4, 0.5) is 4.39 Å². The largest absolute Gasteiger partial charge is 0.458 e. The molecule has 0 saturated carbocycles. The molecule has 0 aromatic carbocycles. The number of amides is 1. The summed E-state index contributed by atoms with van der Waals surface area (Å²) in [6.07, 6.45) is 2.76. The quantitative estimate of drug-likeness (QED) is 0.740. The molecule has 6 heteroatoms. The second-order valence-electron chi connectivity index (χ2n) is 3.68. The average Bonchev–Trinajstić information content (AvgIpc) is 2.70. The van der Waals surface area contributed by atoms with Crippen molar-refractivity contribution in [3.8, 4) is 6.01 Å². The van der Waals surface area contributed by atoms with E-state index >= 15 is 0 Å². The van der Waals surface area contributed by atoms with Gasteiger partial charge in [0.05, 0.1) is 18.9 Å². The van der Waals surface area contributed by atoms with Crippen LogP contribution in [0.3, 0.4) is 0 Å². The predicted molar refractivity (Wildman–Crippen MR) is 53.3 cm³/mol. The third kappa shape index (κ3) is 2.44. The second-order valence-corrected chi connectivity index (χ2v) is 3.68. The van der Waals surface area contributed by atoms with Gasteiger partial charge < -0.3 is 9.64 Å². The Labute approximate surface area is 92.3 Å². The van der Waals surface area contributed by atoms with E-state index < -0.39 is 5.82 Å². The molecule has 1 fully saturated rings. The number of aromatic nitrogens is 2. The van der Waals surface area contributed by atoms with Gasteiger partial charge in [-0.15, -0.1) is 0 Å². The molecule has 86 valence electrons. The van der Waals surface area contributed by atoms with Gasteiger partial charge in [-0.25, -0.2) is 14.4 Å². The van der Waals surface area contributed by atoms with Crippen molar-refractivity contribution >= 4 is 5.91 Å². The average molecular weight is 225 g/mol. The van der Waals surface area contributed by atoms with Crippen molar-refractivity contribution < 1.29 is 13.9 Å². The maximum Gasteiger partial charge on any atom is 0.316 e. The third-order valence-corrected chi connectivity index (χ3v) is 2.46. The van der Waals surface area contributed by atoms with Gasteiger partial charge in [-0.05, 0) is 0 Å². The van der Waals surface area contributed by atoms with Crippen LogP contribution in [0.5, 0.6) is 6.01 Å². The highest BCUT2D eigenvalue weighted by molar-refractivity contribution is 5.73. The molecule has 1 atom stereocenters. The molecular formula is C10H12FN3O2. The van der Waals surface area contributed by atoms with Crippen molar-refractivity contribution in [1.82, 2.24) is 14.9 Å². The Bertz CT molecular complexity index is 382. The molecule has 5 nitrogen and oxygen atoms in total. The van der Waals surface area contributed by atoms with Crippen LogP contribution in [-0.4, -0.2) is 40.0 Å². The zero-order valence-electron chi connectivity index (χ0n) is 8.89. The zero-order chi connectivity index (χ0) is 11.5. The van der Waals surface area contributed by atoms with Gasteiger partial charge in [0.25, 0.3) is 0 Å². The first-order valence-electron chi connectivity index (χ1n) is 5.05. The first-order chi connectivity index (χ1) is 7.65. The predicted octanol–water partition coefficient (Wildman–Crippen LogP) is 0.615. The molecule has 1 aromatic rings. The molecule has 16 heavy (non-hydrogen) atoms. The summed E-state index contributed by atoms with van der Waals surface area (Å²) in [5.41, 5.74) is 0. The maximum atomic E-state index is 12.5. The minimum atomic E-state index is -0.496. The summed E-state index contributed by atoms with van der Waals surface area (Å²) in [7, 11) is 0. The van der Waals surface area contributed by atoms with Gasteiger partial charge in [0.1, 0.15) is 6.10 Å². The highest BCUT2D eigenvalue weighted by Gasteiger charge is 2.26. The van der Waals surface area contributed by atoms with Gasteiger partial charge in [-0.1, -0.05) is 0 Å².